The minimum absolute atomic E-state index is 0.00944. The molecule has 0 aromatic carbocycles. The lowest BCUT2D eigenvalue weighted by molar-refractivity contribution is 0.0504. The fraction of sp³-hybridized carbons (Fsp3) is 0.643. The molecule has 0 heterocycles. The van der Waals surface area contributed by atoms with E-state index in [1.807, 2.05) is 39.0 Å². The third kappa shape index (κ3) is 8.55. The van der Waals surface area contributed by atoms with Gasteiger partial charge in [-0.1, -0.05) is 32.1 Å². The van der Waals surface area contributed by atoms with E-state index >= 15 is 0 Å². The molecule has 0 saturated carbocycles. The Hall–Kier alpha value is -1.25. The van der Waals surface area contributed by atoms with Gasteiger partial charge in [0.15, 0.2) is 0 Å². The molecule has 0 radical (unpaired) electrons. The van der Waals surface area contributed by atoms with E-state index in [9.17, 15) is 4.79 Å². The maximum absolute atomic E-state index is 11.6. The number of carbonyl (C=O) groups excluding carboxylic acids is 1. The normalized spacial score (nSPS) is 13.8. The second-order valence-corrected chi connectivity index (χ2v) is 5.37. The summed E-state index contributed by atoms with van der Waals surface area (Å²) in [6, 6.07) is -0.00944. The molecule has 0 bridgehead atoms. The van der Waals surface area contributed by atoms with E-state index in [4.69, 9.17) is 4.74 Å². The molecule has 0 aliphatic carbocycles. The summed E-state index contributed by atoms with van der Waals surface area (Å²) in [7, 11) is 0. The van der Waals surface area contributed by atoms with Crippen molar-refractivity contribution in [3.8, 4) is 0 Å². The molecule has 0 aromatic rings. The van der Waals surface area contributed by atoms with Crippen molar-refractivity contribution < 1.29 is 9.53 Å². The maximum Gasteiger partial charge on any atom is 0.408 e. The first kappa shape index (κ1) is 15.8. The quantitative estimate of drug-likeness (QED) is 0.743. The molecule has 17 heavy (non-hydrogen) atoms. The zero-order valence-electron chi connectivity index (χ0n) is 11.6. The second kappa shape index (κ2) is 7.15. The number of ether oxygens (including phenoxy) is 1. The SMILES string of the molecule is C=CC/C=C/[C@@H](NC(=O)OC(C)(C)C)C(C)C. The average molecular weight is 239 g/mol. The van der Waals surface area contributed by atoms with Gasteiger partial charge in [0.05, 0.1) is 6.04 Å². The van der Waals surface area contributed by atoms with Crippen LogP contribution < -0.4 is 5.32 Å². The zero-order valence-corrected chi connectivity index (χ0v) is 11.6. The first-order valence-corrected chi connectivity index (χ1v) is 6.03. The Morgan fingerprint density at radius 1 is 1.41 bits per heavy atom. The lowest BCUT2D eigenvalue weighted by Crippen LogP contribution is -2.40. The highest BCUT2D eigenvalue weighted by Crippen LogP contribution is 2.09. The van der Waals surface area contributed by atoms with Crippen LogP contribution in [0.1, 0.15) is 41.0 Å². The number of alkyl carbamates (subject to hydrolysis) is 1. The number of rotatable bonds is 5. The average Bonchev–Trinajstić information content (AvgIpc) is 2.13. The molecule has 1 N–H and O–H groups in total. The van der Waals surface area contributed by atoms with Crippen molar-refractivity contribution in [3.05, 3.63) is 24.8 Å². The van der Waals surface area contributed by atoms with Crippen molar-refractivity contribution in [1.29, 1.82) is 0 Å². The van der Waals surface area contributed by atoms with Crippen LogP contribution in [-0.4, -0.2) is 17.7 Å². The van der Waals surface area contributed by atoms with Gasteiger partial charge in [-0.25, -0.2) is 4.79 Å². The Balaban J connectivity index is 4.35. The lowest BCUT2D eigenvalue weighted by Gasteiger charge is -2.24. The number of amides is 1. The van der Waals surface area contributed by atoms with E-state index < -0.39 is 5.60 Å². The number of hydrogen-bond acceptors (Lipinski definition) is 2. The van der Waals surface area contributed by atoms with E-state index in [1.165, 1.54) is 0 Å². The van der Waals surface area contributed by atoms with Gasteiger partial charge >= 0.3 is 6.09 Å². The highest BCUT2D eigenvalue weighted by atomic mass is 16.6. The summed E-state index contributed by atoms with van der Waals surface area (Å²) in [6.07, 6.45) is 6.23. The Kier molecular flexibility index (Phi) is 6.62. The minimum atomic E-state index is -0.462. The van der Waals surface area contributed by atoms with E-state index in [2.05, 4.69) is 25.7 Å². The number of allylic oxidation sites excluding steroid dienone is 2. The van der Waals surface area contributed by atoms with Crippen LogP contribution in [0.2, 0.25) is 0 Å². The van der Waals surface area contributed by atoms with Crippen molar-refractivity contribution >= 4 is 6.09 Å². The third-order valence-electron chi connectivity index (χ3n) is 2.05. The van der Waals surface area contributed by atoms with Crippen molar-refractivity contribution in [2.45, 2.75) is 52.7 Å². The summed E-state index contributed by atoms with van der Waals surface area (Å²) in [6.45, 7) is 13.3. The van der Waals surface area contributed by atoms with Crippen LogP contribution >= 0.6 is 0 Å². The number of carbonyl (C=O) groups is 1. The molecule has 0 unspecified atom stereocenters. The van der Waals surface area contributed by atoms with Crippen LogP contribution in [0.4, 0.5) is 4.79 Å². The van der Waals surface area contributed by atoms with Gasteiger partial charge in [-0.2, -0.15) is 0 Å². The predicted molar refractivity (Wildman–Crippen MR) is 71.9 cm³/mol. The monoisotopic (exact) mass is 239 g/mol. The summed E-state index contributed by atoms with van der Waals surface area (Å²) in [5.74, 6) is 0.323. The first-order chi connectivity index (χ1) is 7.76. The molecule has 0 saturated heterocycles. The zero-order chi connectivity index (χ0) is 13.5. The Bertz CT molecular complexity index is 274. The molecule has 0 aromatic heterocycles. The van der Waals surface area contributed by atoms with E-state index in [-0.39, 0.29) is 12.1 Å². The molecular formula is C14H25NO2. The number of hydrogen-bond donors (Lipinski definition) is 1. The smallest absolute Gasteiger partial charge is 0.408 e. The lowest BCUT2D eigenvalue weighted by atomic mass is 10.0. The molecule has 0 spiro atoms. The first-order valence-electron chi connectivity index (χ1n) is 6.03. The standard InChI is InChI=1S/C14H25NO2/c1-7-8-9-10-12(11(2)3)15-13(16)17-14(4,5)6/h7,9-12H,1,8H2,2-6H3,(H,15,16)/b10-9+/t12-/m1/s1. The molecule has 3 nitrogen and oxygen atoms in total. The Morgan fingerprint density at radius 2 is 2.00 bits per heavy atom. The van der Waals surface area contributed by atoms with Gasteiger partial charge < -0.3 is 10.1 Å². The van der Waals surface area contributed by atoms with Crippen molar-refractivity contribution in [2.24, 2.45) is 5.92 Å². The predicted octanol–water partition coefficient (Wildman–Crippen LogP) is 3.67. The fourth-order valence-corrected chi connectivity index (χ4v) is 1.20. The van der Waals surface area contributed by atoms with Gasteiger partial charge in [0.25, 0.3) is 0 Å². The van der Waals surface area contributed by atoms with Crippen LogP contribution in [0.3, 0.4) is 0 Å². The summed E-state index contributed by atoms with van der Waals surface area (Å²) < 4.78 is 5.22. The van der Waals surface area contributed by atoms with Crippen LogP contribution in [-0.2, 0) is 4.74 Å². The van der Waals surface area contributed by atoms with Crippen LogP contribution in [0.5, 0.6) is 0 Å². The highest BCUT2D eigenvalue weighted by molar-refractivity contribution is 5.68. The third-order valence-corrected chi connectivity index (χ3v) is 2.05. The Labute approximate surface area is 105 Å². The van der Waals surface area contributed by atoms with Crippen molar-refractivity contribution in [3.63, 3.8) is 0 Å². The molecule has 0 fully saturated rings. The largest absolute Gasteiger partial charge is 0.444 e. The summed E-state index contributed by atoms with van der Waals surface area (Å²) in [4.78, 5) is 11.6. The topological polar surface area (TPSA) is 38.3 Å². The van der Waals surface area contributed by atoms with Gasteiger partial charge in [0.2, 0.25) is 0 Å². The Morgan fingerprint density at radius 3 is 2.41 bits per heavy atom. The van der Waals surface area contributed by atoms with Gasteiger partial charge in [-0.15, -0.1) is 6.58 Å². The molecule has 3 heteroatoms. The van der Waals surface area contributed by atoms with Gasteiger partial charge in [0.1, 0.15) is 5.60 Å². The highest BCUT2D eigenvalue weighted by Gasteiger charge is 2.19. The van der Waals surface area contributed by atoms with E-state index in [0.29, 0.717) is 5.92 Å². The van der Waals surface area contributed by atoms with Crippen molar-refractivity contribution in [2.75, 3.05) is 0 Å². The summed E-state index contributed by atoms with van der Waals surface area (Å²) in [5.41, 5.74) is -0.462. The molecule has 98 valence electrons. The molecule has 0 aliphatic rings. The van der Waals surface area contributed by atoms with Gasteiger partial charge in [-0.3, -0.25) is 0 Å². The molecule has 1 atom stereocenters. The van der Waals surface area contributed by atoms with Gasteiger partial charge in [-0.05, 0) is 33.1 Å². The van der Waals surface area contributed by atoms with E-state index in [0.717, 1.165) is 6.42 Å². The van der Waals surface area contributed by atoms with Crippen LogP contribution in [0, 0.1) is 5.92 Å². The van der Waals surface area contributed by atoms with E-state index in [1.54, 1.807) is 0 Å². The molecule has 0 rings (SSSR count). The fourth-order valence-electron chi connectivity index (χ4n) is 1.20. The maximum atomic E-state index is 11.6. The molecule has 0 aliphatic heterocycles. The van der Waals surface area contributed by atoms with Crippen molar-refractivity contribution in [1.82, 2.24) is 5.32 Å². The minimum Gasteiger partial charge on any atom is -0.444 e. The summed E-state index contributed by atoms with van der Waals surface area (Å²) >= 11 is 0. The second-order valence-electron chi connectivity index (χ2n) is 5.37. The number of nitrogens with one attached hydrogen (secondary N) is 1. The van der Waals surface area contributed by atoms with Crippen LogP contribution in [0.25, 0.3) is 0 Å². The van der Waals surface area contributed by atoms with Crippen LogP contribution in [0.15, 0.2) is 24.8 Å². The molecule has 1 amide bonds. The summed E-state index contributed by atoms with van der Waals surface area (Å²) in [5, 5.41) is 2.85. The molecular weight excluding hydrogens is 214 g/mol. The van der Waals surface area contributed by atoms with Gasteiger partial charge in [0, 0.05) is 0 Å².